The Morgan fingerprint density at radius 1 is 1.05 bits per heavy atom. The van der Waals surface area contributed by atoms with Crippen LogP contribution < -0.4 is 0 Å². The molecule has 0 aliphatic carbocycles. The van der Waals surface area contributed by atoms with E-state index in [0.29, 0.717) is 0 Å². The molecule has 0 aromatic heterocycles. The summed E-state index contributed by atoms with van der Waals surface area (Å²) in [5.41, 5.74) is 4.38. The van der Waals surface area contributed by atoms with E-state index in [1.54, 1.807) is 18.7 Å². The van der Waals surface area contributed by atoms with Crippen LogP contribution in [0.1, 0.15) is 35.1 Å². The lowest BCUT2D eigenvalue weighted by atomic mass is 9.99. The maximum absolute atomic E-state index is 11.1. The number of aryl methyl sites for hydroxylation is 1. The zero-order valence-electron chi connectivity index (χ0n) is 12.0. The van der Waals surface area contributed by atoms with Crippen LogP contribution in [0.2, 0.25) is 0 Å². The summed E-state index contributed by atoms with van der Waals surface area (Å²) in [5, 5.41) is 9.14. The van der Waals surface area contributed by atoms with Crippen LogP contribution in [0.5, 0.6) is 0 Å². The molecule has 0 spiro atoms. The van der Waals surface area contributed by atoms with Crippen LogP contribution in [0, 0.1) is 6.92 Å². The van der Waals surface area contributed by atoms with Crippen LogP contribution in [0.15, 0.2) is 46.2 Å². The van der Waals surface area contributed by atoms with Crippen molar-refractivity contribution in [1.29, 1.82) is 0 Å². The van der Waals surface area contributed by atoms with Gasteiger partial charge in [-0.2, -0.15) is 0 Å². The smallest absolute Gasteiger partial charge is 0.310 e. The quantitative estimate of drug-likeness (QED) is 0.736. The molecule has 1 atom stereocenters. The van der Waals surface area contributed by atoms with Crippen LogP contribution in [0.25, 0.3) is 12.2 Å². The number of carboxylic acids is 1. The fourth-order valence-corrected chi connectivity index (χ4v) is 3.39. The van der Waals surface area contributed by atoms with E-state index in [4.69, 9.17) is 5.11 Å². The van der Waals surface area contributed by atoms with E-state index in [-0.39, 0.29) is 0 Å². The SMILES string of the molecule is Cc1ccc2c(c1)C=Cc1cc([C@H](C)C(=O)O)ccc1S2. The second kappa shape index (κ2) is 5.41. The number of rotatable bonds is 2. The lowest BCUT2D eigenvalue weighted by molar-refractivity contribution is -0.138. The molecule has 2 nitrogen and oxygen atoms in total. The van der Waals surface area contributed by atoms with E-state index in [2.05, 4.69) is 37.3 Å². The van der Waals surface area contributed by atoms with Crippen molar-refractivity contribution in [2.24, 2.45) is 0 Å². The summed E-state index contributed by atoms with van der Waals surface area (Å²) in [6.07, 6.45) is 4.18. The first-order valence-corrected chi connectivity index (χ1v) is 7.69. The Balaban J connectivity index is 2.04. The largest absolute Gasteiger partial charge is 0.481 e. The Kier molecular flexibility index (Phi) is 3.60. The molecule has 2 aromatic rings. The highest BCUT2D eigenvalue weighted by Crippen LogP contribution is 2.38. The number of fused-ring (bicyclic) bond motifs is 2. The zero-order valence-corrected chi connectivity index (χ0v) is 12.8. The van der Waals surface area contributed by atoms with Crippen molar-refractivity contribution in [2.45, 2.75) is 29.6 Å². The third kappa shape index (κ3) is 2.74. The van der Waals surface area contributed by atoms with E-state index >= 15 is 0 Å². The minimum atomic E-state index is -0.792. The minimum absolute atomic E-state index is 0.485. The number of hydrogen-bond acceptors (Lipinski definition) is 2. The molecule has 0 amide bonds. The highest BCUT2D eigenvalue weighted by molar-refractivity contribution is 7.99. The normalized spacial score (nSPS) is 14.0. The summed E-state index contributed by atoms with van der Waals surface area (Å²) in [5.74, 6) is -1.28. The van der Waals surface area contributed by atoms with Crippen LogP contribution >= 0.6 is 11.8 Å². The average molecular weight is 296 g/mol. The summed E-state index contributed by atoms with van der Waals surface area (Å²) in [6, 6.07) is 12.3. The predicted molar refractivity (Wildman–Crippen MR) is 86.7 cm³/mol. The standard InChI is InChI=1S/C18H16O2S/c1-11-3-7-16-14(9-11)4-5-15-10-13(12(2)18(19)20)6-8-17(15)21-16/h3-10,12H,1-2H3,(H,19,20)/t12-/m0/s1. The molecule has 0 fully saturated rings. The van der Waals surface area contributed by atoms with Gasteiger partial charge < -0.3 is 5.11 Å². The Labute approximate surface area is 128 Å². The van der Waals surface area contributed by atoms with Gasteiger partial charge in [0.05, 0.1) is 5.92 Å². The van der Waals surface area contributed by atoms with Gasteiger partial charge in [0.2, 0.25) is 0 Å². The molecule has 1 aliphatic rings. The Bertz CT molecular complexity index is 747. The molecule has 3 rings (SSSR count). The first-order valence-electron chi connectivity index (χ1n) is 6.88. The minimum Gasteiger partial charge on any atom is -0.481 e. The Hall–Kier alpha value is -2.00. The first-order chi connectivity index (χ1) is 10.0. The fourth-order valence-electron chi connectivity index (χ4n) is 2.39. The third-order valence-electron chi connectivity index (χ3n) is 3.73. The molecule has 0 bridgehead atoms. The molecule has 1 aliphatic heterocycles. The Morgan fingerprint density at radius 2 is 1.67 bits per heavy atom. The van der Waals surface area contributed by atoms with Crippen molar-refractivity contribution in [3.8, 4) is 0 Å². The van der Waals surface area contributed by atoms with Crippen molar-refractivity contribution in [3.63, 3.8) is 0 Å². The number of carbonyl (C=O) groups is 1. The van der Waals surface area contributed by atoms with E-state index in [0.717, 1.165) is 16.0 Å². The molecule has 3 heteroatoms. The molecular weight excluding hydrogens is 280 g/mol. The van der Waals surface area contributed by atoms with Crippen LogP contribution in [0.4, 0.5) is 0 Å². The van der Waals surface area contributed by atoms with Gasteiger partial charge in [-0.25, -0.2) is 0 Å². The first kappa shape index (κ1) is 14.0. The highest BCUT2D eigenvalue weighted by Gasteiger charge is 2.16. The highest BCUT2D eigenvalue weighted by atomic mass is 32.2. The van der Waals surface area contributed by atoms with E-state index < -0.39 is 11.9 Å². The van der Waals surface area contributed by atoms with Crippen molar-refractivity contribution in [3.05, 3.63) is 58.7 Å². The topological polar surface area (TPSA) is 37.3 Å². The average Bonchev–Trinajstić information content (AvgIpc) is 2.64. The monoisotopic (exact) mass is 296 g/mol. The van der Waals surface area contributed by atoms with Gasteiger partial charge in [-0.15, -0.1) is 0 Å². The second-order valence-electron chi connectivity index (χ2n) is 5.33. The van der Waals surface area contributed by atoms with Crippen LogP contribution in [-0.2, 0) is 4.79 Å². The van der Waals surface area contributed by atoms with Crippen molar-refractivity contribution in [2.75, 3.05) is 0 Å². The van der Waals surface area contributed by atoms with Crippen molar-refractivity contribution >= 4 is 29.9 Å². The maximum atomic E-state index is 11.1. The van der Waals surface area contributed by atoms with Gasteiger partial charge in [0.25, 0.3) is 0 Å². The van der Waals surface area contributed by atoms with Gasteiger partial charge in [-0.05, 0) is 48.7 Å². The van der Waals surface area contributed by atoms with Gasteiger partial charge in [0.15, 0.2) is 0 Å². The summed E-state index contributed by atoms with van der Waals surface area (Å²) < 4.78 is 0. The second-order valence-corrected chi connectivity index (χ2v) is 6.42. The Morgan fingerprint density at radius 3 is 2.33 bits per heavy atom. The van der Waals surface area contributed by atoms with Crippen molar-refractivity contribution < 1.29 is 9.90 Å². The van der Waals surface area contributed by atoms with Crippen LogP contribution in [0.3, 0.4) is 0 Å². The van der Waals surface area contributed by atoms with E-state index in [1.807, 2.05) is 18.2 Å². The summed E-state index contributed by atoms with van der Waals surface area (Å²) in [7, 11) is 0. The maximum Gasteiger partial charge on any atom is 0.310 e. The summed E-state index contributed by atoms with van der Waals surface area (Å²) in [4.78, 5) is 13.5. The summed E-state index contributed by atoms with van der Waals surface area (Å²) in [6.45, 7) is 3.80. The van der Waals surface area contributed by atoms with Crippen molar-refractivity contribution in [1.82, 2.24) is 0 Å². The molecule has 106 valence electrons. The molecule has 1 heterocycles. The van der Waals surface area contributed by atoms with E-state index in [9.17, 15) is 4.79 Å². The number of benzene rings is 2. The predicted octanol–water partition coefficient (Wildman–Crippen LogP) is 4.82. The lowest BCUT2D eigenvalue weighted by Crippen LogP contribution is -2.07. The molecule has 0 radical (unpaired) electrons. The molecule has 0 saturated carbocycles. The number of hydrogen-bond donors (Lipinski definition) is 1. The van der Waals surface area contributed by atoms with Gasteiger partial charge in [0.1, 0.15) is 0 Å². The van der Waals surface area contributed by atoms with E-state index in [1.165, 1.54) is 16.0 Å². The molecule has 1 N–H and O–H groups in total. The van der Waals surface area contributed by atoms with Gasteiger partial charge >= 0.3 is 5.97 Å². The van der Waals surface area contributed by atoms with Crippen LogP contribution in [-0.4, -0.2) is 11.1 Å². The van der Waals surface area contributed by atoms with Gasteiger partial charge in [-0.3, -0.25) is 4.79 Å². The van der Waals surface area contributed by atoms with Gasteiger partial charge in [0, 0.05) is 9.79 Å². The summed E-state index contributed by atoms with van der Waals surface area (Å²) >= 11 is 1.73. The third-order valence-corrected chi connectivity index (χ3v) is 4.92. The number of carboxylic acid groups (broad SMARTS) is 1. The van der Waals surface area contributed by atoms with Gasteiger partial charge in [-0.1, -0.05) is 47.7 Å². The molecular formula is C18H16O2S. The lowest BCUT2D eigenvalue weighted by Gasteiger charge is -2.10. The molecule has 0 saturated heterocycles. The molecule has 21 heavy (non-hydrogen) atoms. The fraction of sp³-hybridized carbons (Fsp3) is 0.167. The zero-order chi connectivity index (χ0) is 15.0. The molecule has 0 unspecified atom stereocenters. The number of aliphatic carboxylic acids is 1. The molecule has 2 aromatic carbocycles.